The highest BCUT2D eigenvalue weighted by Crippen LogP contribution is 2.36. The van der Waals surface area contributed by atoms with Gasteiger partial charge in [0.15, 0.2) is 0 Å². The minimum Gasteiger partial charge on any atom is -0.349 e. The number of nitrogens with zero attached hydrogens (tertiary/aromatic N) is 2. The number of rotatable bonds is 3. The van der Waals surface area contributed by atoms with Crippen LogP contribution in [0.25, 0.3) is 0 Å². The van der Waals surface area contributed by atoms with Crippen molar-refractivity contribution in [3.63, 3.8) is 0 Å². The fraction of sp³-hybridized carbons (Fsp3) is 0.812. The molecule has 0 bridgehead atoms. The van der Waals surface area contributed by atoms with Gasteiger partial charge in [-0.05, 0) is 43.9 Å². The zero-order valence-corrected chi connectivity index (χ0v) is 12.6. The molecule has 2 aliphatic carbocycles. The van der Waals surface area contributed by atoms with Gasteiger partial charge < -0.3 is 9.47 Å². The Morgan fingerprint density at radius 3 is 2.55 bits per heavy atom. The average Bonchev–Trinajstić information content (AvgIpc) is 3.00. The monoisotopic (exact) mass is 306 g/mol. The molecule has 0 spiro atoms. The molecule has 1 heterocycles. The third-order valence-corrected chi connectivity index (χ3v) is 5.31. The number of fused-ring (bicyclic) bond motifs is 1. The maximum Gasteiger partial charge on any atom is 0.213 e. The second-order valence-corrected chi connectivity index (χ2v) is 6.63. The molecule has 0 aromatic heterocycles. The van der Waals surface area contributed by atoms with Gasteiger partial charge in [-0.15, -0.1) is 0 Å². The predicted octanol–water partition coefficient (Wildman–Crippen LogP) is 2.81. The van der Waals surface area contributed by atoms with Crippen LogP contribution in [0.15, 0.2) is 11.6 Å². The van der Waals surface area contributed by atoms with Crippen LogP contribution in [0.4, 0.5) is 0 Å². The van der Waals surface area contributed by atoms with E-state index in [2.05, 4.69) is 12.1 Å². The number of ether oxygens (including phenoxy) is 2. The average molecular weight is 306 g/mol. The first kappa shape index (κ1) is 15.4. The summed E-state index contributed by atoms with van der Waals surface area (Å²) in [5.41, 5.74) is 0.823. The quantitative estimate of drug-likeness (QED) is 0.454. The Hall–Kier alpha value is -1.45. The molecule has 3 rings (SSSR count). The Kier molecular flexibility index (Phi) is 4.74. The molecule has 3 aliphatic rings. The molecule has 1 aliphatic heterocycles. The van der Waals surface area contributed by atoms with E-state index in [0.717, 1.165) is 37.7 Å². The predicted molar refractivity (Wildman–Crippen MR) is 78.4 cm³/mol. The van der Waals surface area contributed by atoms with Crippen LogP contribution in [0, 0.1) is 33.3 Å². The summed E-state index contributed by atoms with van der Waals surface area (Å²) in [6, 6.07) is 1.92. The van der Waals surface area contributed by atoms with Crippen LogP contribution in [0.2, 0.25) is 0 Å². The lowest BCUT2D eigenvalue weighted by Gasteiger charge is -2.29. The molecule has 3 fully saturated rings. The molecule has 0 amide bonds. The second kappa shape index (κ2) is 6.76. The van der Waals surface area contributed by atoms with Crippen molar-refractivity contribution >= 4 is 0 Å². The molecule has 0 radical (unpaired) electrons. The fourth-order valence-corrected chi connectivity index (χ4v) is 3.98. The van der Waals surface area contributed by atoms with E-state index in [1.165, 1.54) is 0 Å². The lowest BCUT2D eigenvalue weighted by atomic mass is 9.78. The summed E-state index contributed by atoms with van der Waals surface area (Å²) >= 11 is 0. The molecular formula is C16H22N2O4. The lowest BCUT2D eigenvalue weighted by molar-refractivity contribution is -0.526. The van der Waals surface area contributed by atoms with Gasteiger partial charge in [-0.2, -0.15) is 5.26 Å². The maximum atomic E-state index is 10.8. The summed E-state index contributed by atoms with van der Waals surface area (Å²) in [6.07, 6.45) is 8.11. The number of nitriles is 1. The standard InChI is InChI=1S/C16H22N2O4/c17-9-13(12-2-4-14(5-3-12)18(19)20)7-11-1-6-15-16(8-11)22-10-21-15/h7,11-12,14-16H,1-6,8,10H2/b13-7+/t11-,12?,14?,15-,16-/m1/s1. The van der Waals surface area contributed by atoms with Gasteiger partial charge in [-0.25, -0.2) is 0 Å². The molecule has 1 saturated heterocycles. The fourth-order valence-electron chi connectivity index (χ4n) is 3.98. The summed E-state index contributed by atoms with van der Waals surface area (Å²) in [5, 5.41) is 20.3. The second-order valence-electron chi connectivity index (χ2n) is 6.63. The van der Waals surface area contributed by atoms with Gasteiger partial charge in [-0.3, -0.25) is 10.1 Å². The third kappa shape index (κ3) is 3.31. The van der Waals surface area contributed by atoms with E-state index in [1.54, 1.807) is 0 Å². The lowest BCUT2D eigenvalue weighted by Crippen LogP contribution is -2.31. The third-order valence-electron chi connectivity index (χ3n) is 5.31. The first-order valence-corrected chi connectivity index (χ1v) is 8.16. The van der Waals surface area contributed by atoms with Gasteiger partial charge in [0.05, 0.1) is 18.3 Å². The smallest absolute Gasteiger partial charge is 0.213 e. The maximum absolute atomic E-state index is 10.8. The number of nitro groups is 1. The van der Waals surface area contributed by atoms with E-state index >= 15 is 0 Å². The van der Waals surface area contributed by atoms with E-state index < -0.39 is 6.04 Å². The highest BCUT2D eigenvalue weighted by Gasteiger charge is 2.36. The van der Waals surface area contributed by atoms with Crippen LogP contribution in [-0.2, 0) is 9.47 Å². The van der Waals surface area contributed by atoms with E-state index in [4.69, 9.17) is 9.47 Å². The summed E-state index contributed by atoms with van der Waals surface area (Å²) in [6.45, 7) is 0.391. The largest absolute Gasteiger partial charge is 0.349 e. The van der Waals surface area contributed by atoms with Crippen molar-refractivity contribution in [2.75, 3.05) is 6.79 Å². The van der Waals surface area contributed by atoms with E-state index in [0.29, 0.717) is 25.6 Å². The number of hydrogen-bond donors (Lipinski definition) is 0. The zero-order valence-electron chi connectivity index (χ0n) is 12.6. The highest BCUT2D eigenvalue weighted by molar-refractivity contribution is 5.25. The van der Waals surface area contributed by atoms with Crippen LogP contribution in [-0.4, -0.2) is 30.0 Å². The summed E-state index contributed by atoms with van der Waals surface area (Å²) < 4.78 is 11.1. The van der Waals surface area contributed by atoms with E-state index in [9.17, 15) is 15.4 Å². The van der Waals surface area contributed by atoms with Gasteiger partial charge >= 0.3 is 0 Å². The van der Waals surface area contributed by atoms with Crippen LogP contribution in [0.3, 0.4) is 0 Å². The summed E-state index contributed by atoms with van der Waals surface area (Å²) in [4.78, 5) is 10.6. The van der Waals surface area contributed by atoms with Crippen molar-refractivity contribution < 1.29 is 14.4 Å². The van der Waals surface area contributed by atoms with Gasteiger partial charge in [0, 0.05) is 23.3 Å². The van der Waals surface area contributed by atoms with Crippen LogP contribution in [0.5, 0.6) is 0 Å². The molecule has 0 N–H and O–H groups in total. The molecule has 0 aromatic rings. The number of allylic oxidation sites excluding steroid dienone is 2. The molecule has 0 aromatic carbocycles. The van der Waals surface area contributed by atoms with Crippen molar-refractivity contribution in [2.24, 2.45) is 11.8 Å². The van der Waals surface area contributed by atoms with E-state index in [1.807, 2.05) is 0 Å². The molecule has 6 nitrogen and oxygen atoms in total. The molecular weight excluding hydrogens is 284 g/mol. The van der Waals surface area contributed by atoms with Gasteiger partial charge in [-0.1, -0.05) is 6.08 Å². The zero-order chi connectivity index (χ0) is 15.5. The molecule has 3 atom stereocenters. The normalized spacial score (nSPS) is 39.0. The molecule has 120 valence electrons. The Balaban J connectivity index is 1.59. The Labute approximate surface area is 130 Å². The highest BCUT2D eigenvalue weighted by atomic mass is 16.7. The first-order valence-electron chi connectivity index (χ1n) is 8.16. The van der Waals surface area contributed by atoms with Crippen LogP contribution in [0.1, 0.15) is 44.9 Å². The minimum absolute atomic E-state index is 0.167. The Bertz CT molecular complexity index is 491. The SMILES string of the molecule is N#C/C(=C\[C@H]1CC[C@H]2OCO[C@@H]2C1)C1CCC([N+](=O)[O-])CC1. The number of hydrogen-bond acceptors (Lipinski definition) is 5. The summed E-state index contributed by atoms with van der Waals surface area (Å²) in [7, 11) is 0. The first-order chi connectivity index (χ1) is 10.7. The van der Waals surface area contributed by atoms with Crippen molar-refractivity contribution in [3.8, 4) is 6.07 Å². The molecule has 6 heteroatoms. The van der Waals surface area contributed by atoms with Crippen LogP contribution < -0.4 is 0 Å². The van der Waals surface area contributed by atoms with Gasteiger partial charge in [0.25, 0.3) is 0 Å². The van der Waals surface area contributed by atoms with Crippen LogP contribution >= 0.6 is 0 Å². The molecule has 22 heavy (non-hydrogen) atoms. The summed E-state index contributed by atoms with van der Waals surface area (Å²) in [5.74, 6) is 0.561. The van der Waals surface area contributed by atoms with Crippen molar-refractivity contribution in [3.05, 3.63) is 21.8 Å². The van der Waals surface area contributed by atoms with Crippen molar-refractivity contribution in [1.29, 1.82) is 5.26 Å². The molecule has 2 saturated carbocycles. The molecule has 0 unspecified atom stereocenters. The topological polar surface area (TPSA) is 85.4 Å². The minimum atomic E-state index is -0.421. The van der Waals surface area contributed by atoms with Gasteiger partial charge in [0.1, 0.15) is 6.79 Å². The van der Waals surface area contributed by atoms with Crippen molar-refractivity contribution in [2.45, 2.75) is 63.2 Å². The van der Waals surface area contributed by atoms with Crippen molar-refractivity contribution in [1.82, 2.24) is 0 Å². The van der Waals surface area contributed by atoms with Gasteiger partial charge in [0.2, 0.25) is 6.04 Å². The van der Waals surface area contributed by atoms with E-state index in [-0.39, 0.29) is 23.0 Å². The Morgan fingerprint density at radius 1 is 1.14 bits per heavy atom. The Morgan fingerprint density at radius 2 is 1.86 bits per heavy atom.